The van der Waals surface area contributed by atoms with Crippen molar-refractivity contribution in [2.45, 2.75) is 33.1 Å². The number of nitrogens with zero attached hydrogens (tertiary/aromatic N) is 1. The zero-order valence-electron chi connectivity index (χ0n) is 18.1. The standard InChI is InChI=1S/C22H35N3O4/c1-16(2)22(27)24-13-18-6-5-11-25(14-18)15-21(26)23-10-9-17-7-8-19(28-3)20(12-17)29-4/h7-8,12,16,18H,5-6,9-11,13-15H2,1-4H3,(H,23,26)(H,24,27). The average Bonchev–Trinajstić information content (AvgIpc) is 2.72. The van der Waals surface area contributed by atoms with Crippen LogP contribution in [0.3, 0.4) is 0 Å². The number of amides is 2. The van der Waals surface area contributed by atoms with Gasteiger partial charge in [0.15, 0.2) is 11.5 Å². The summed E-state index contributed by atoms with van der Waals surface area (Å²) in [4.78, 5) is 26.3. The second-order valence-electron chi connectivity index (χ2n) is 7.93. The first-order chi connectivity index (χ1) is 13.9. The van der Waals surface area contributed by atoms with Crippen LogP contribution in [0.15, 0.2) is 18.2 Å². The molecule has 2 N–H and O–H groups in total. The molecule has 1 aromatic rings. The average molecular weight is 406 g/mol. The summed E-state index contributed by atoms with van der Waals surface area (Å²) >= 11 is 0. The van der Waals surface area contributed by atoms with Crippen LogP contribution in [0.4, 0.5) is 0 Å². The first-order valence-electron chi connectivity index (χ1n) is 10.4. The lowest BCUT2D eigenvalue weighted by Crippen LogP contribution is -2.45. The predicted molar refractivity (Wildman–Crippen MR) is 113 cm³/mol. The number of hydrogen-bond acceptors (Lipinski definition) is 5. The number of piperidine rings is 1. The fourth-order valence-corrected chi connectivity index (χ4v) is 3.55. The molecule has 29 heavy (non-hydrogen) atoms. The number of benzene rings is 1. The van der Waals surface area contributed by atoms with Crippen LogP contribution in [0.2, 0.25) is 0 Å². The maximum absolute atomic E-state index is 12.3. The summed E-state index contributed by atoms with van der Waals surface area (Å²) in [6.45, 7) is 7.24. The van der Waals surface area contributed by atoms with Gasteiger partial charge in [0.25, 0.3) is 0 Å². The molecule has 2 amide bonds. The van der Waals surface area contributed by atoms with Crippen molar-refractivity contribution in [3.8, 4) is 11.5 Å². The van der Waals surface area contributed by atoms with E-state index in [4.69, 9.17) is 9.47 Å². The zero-order valence-corrected chi connectivity index (χ0v) is 18.1. The van der Waals surface area contributed by atoms with Gasteiger partial charge in [-0.25, -0.2) is 0 Å². The molecule has 7 nitrogen and oxygen atoms in total. The number of carbonyl (C=O) groups excluding carboxylic acids is 2. The topological polar surface area (TPSA) is 79.9 Å². The molecule has 1 aromatic carbocycles. The van der Waals surface area contributed by atoms with E-state index in [1.807, 2.05) is 32.0 Å². The molecule has 0 bridgehead atoms. The maximum Gasteiger partial charge on any atom is 0.234 e. The van der Waals surface area contributed by atoms with Gasteiger partial charge in [0.05, 0.1) is 20.8 Å². The molecule has 0 saturated carbocycles. The Labute approximate surface area is 174 Å². The first kappa shape index (κ1) is 23.0. The largest absolute Gasteiger partial charge is 0.493 e. The second-order valence-corrected chi connectivity index (χ2v) is 7.93. The lowest BCUT2D eigenvalue weighted by molar-refractivity contribution is -0.125. The second kappa shape index (κ2) is 11.7. The summed E-state index contributed by atoms with van der Waals surface area (Å²) in [6.07, 6.45) is 2.88. The van der Waals surface area contributed by atoms with Gasteiger partial charge in [-0.3, -0.25) is 14.5 Å². The fraction of sp³-hybridized carbons (Fsp3) is 0.636. The smallest absolute Gasteiger partial charge is 0.234 e. The first-order valence-corrected chi connectivity index (χ1v) is 10.4. The number of rotatable bonds is 10. The van der Waals surface area contributed by atoms with E-state index in [0.717, 1.165) is 37.9 Å². The van der Waals surface area contributed by atoms with Crippen molar-refractivity contribution in [2.75, 3.05) is 46.9 Å². The molecule has 7 heteroatoms. The molecule has 0 aromatic heterocycles. The molecular weight excluding hydrogens is 370 g/mol. The highest BCUT2D eigenvalue weighted by molar-refractivity contribution is 5.78. The van der Waals surface area contributed by atoms with Crippen LogP contribution >= 0.6 is 0 Å². The van der Waals surface area contributed by atoms with E-state index in [-0.39, 0.29) is 17.7 Å². The minimum absolute atomic E-state index is 0.00569. The summed E-state index contributed by atoms with van der Waals surface area (Å²) in [7, 11) is 3.23. The maximum atomic E-state index is 12.3. The van der Waals surface area contributed by atoms with E-state index in [1.165, 1.54) is 0 Å². The van der Waals surface area contributed by atoms with Crippen molar-refractivity contribution in [1.82, 2.24) is 15.5 Å². The van der Waals surface area contributed by atoms with Crippen LogP contribution < -0.4 is 20.1 Å². The third-order valence-electron chi connectivity index (χ3n) is 5.24. The number of carbonyl (C=O) groups is 2. The summed E-state index contributed by atoms with van der Waals surface area (Å²) in [5.41, 5.74) is 1.09. The number of methoxy groups -OCH3 is 2. The van der Waals surface area contributed by atoms with Crippen molar-refractivity contribution in [3.05, 3.63) is 23.8 Å². The molecule has 1 fully saturated rings. The van der Waals surface area contributed by atoms with Gasteiger partial charge in [-0.2, -0.15) is 0 Å². The van der Waals surface area contributed by atoms with E-state index < -0.39 is 0 Å². The summed E-state index contributed by atoms with van der Waals surface area (Å²) in [5.74, 6) is 1.94. The molecule has 1 heterocycles. The lowest BCUT2D eigenvalue weighted by atomic mass is 9.97. The van der Waals surface area contributed by atoms with Crippen molar-refractivity contribution in [3.63, 3.8) is 0 Å². The van der Waals surface area contributed by atoms with Crippen LogP contribution in [0.5, 0.6) is 11.5 Å². The van der Waals surface area contributed by atoms with Gasteiger partial charge in [-0.15, -0.1) is 0 Å². The molecule has 1 unspecified atom stereocenters. The van der Waals surface area contributed by atoms with Crippen LogP contribution in [-0.4, -0.2) is 63.7 Å². The number of ether oxygens (including phenoxy) is 2. The Kier molecular flexibility index (Phi) is 9.25. The zero-order chi connectivity index (χ0) is 21.2. The van der Waals surface area contributed by atoms with Gasteiger partial charge < -0.3 is 20.1 Å². The third-order valence-corrected chi connectivity index (χ3v) is 5.24. The molecule has 162 valence electrons. The number of hydrogen-bond donors (Lipinski definition) is 2. The quantitative estimate of drug-likeness (QED) is 0.621. The molecule has 0 radical (unpaired) electrons. The Balaban J connectivity index is 1.71. The van der Waals surface area contributed by atoms with Crippen LogP contribution in [0.25, 0.3) is 0 Å². The normalized spacial score (nSPS) is 17.1. The number of likely N-dealkylation sites (tertiary alicyclic amines) is 1. The Morgan fingerprint density at radius 3 is 2.62 bits per heavy atom. The van der Waals surface area contributed by atoms with Crippen LogP contribution in [0, 0.1) is 11.8 Å². The molecule has 1 aliphatic heterocycles. The third kappa shape index (κ3) is 7.57. The van der Waals surface area contributed by atoms with Gasteiger partial charge in [0.1, 0.15) is 0 Å². The van der Waals surface area contributed by atoms with E-state index in [1.54, 1.807) is 14.2 Å². The summed E-state index contributed by atoms with van der Waals surface area (Å²) in [5, 5.41) is 6.01. The molecular formula is C22H35N3O4. The van der Waals surface area contributed by atoms with Gasteiger partial charge in [-0.1, -0.05) is 19.9 Å². The number of nitrogens with one attached hydrogen (secondary N) is 2. The van der Waals surface area contributed by atoms with Crippen LogP contribution in [0.1, 0.15) is 32.3 Å². The summed E-state index contributed by atoms with van der Waals surface area (Å²) < 4.78 is 10.6. The van der Waals surface area contributed by atoms with E-state index in [9.17, 15) is 9.59 Å². The van der Waals surface area contributed by atoms with Gasteiger partial charge in [0, 0.05) is 25.6 Å². The molecule has 2 rings (SSSR count). The van der Waals surface area contributed by atoms with E-state index in [2.05, 4.69) is 15.5 Å². The lowest BCUT2D eigenvalue weighted by Gasteiger charge is -2.32. The highest BCUT2D eigenvalue weighted by Gasteiger charge is 2.22. The molecule has 0 spiro atoms. The van der Waals surface area contributed by atoms with Crippen molar-refractivity contribution in [1.29, 1.82) is 0 Å². The highest BCUT2D eigenvalue weighted by Crippen LogP contribution is 2.27. The molecule has 0 aliphatic carbocycles. The van der Waals surface area contributed by atoms with Crippen molar-refractivity contribution in [2.24, 2.45) is 11.8 Å². The van der Waals surface area contributed by atoms with Gasteiger partial charge in [0.2, 0.25) is 11.8 Å². The highest BCUT2D eigenvalue weighted by atomic mass is 16.5. The van der Waals surface area contributed by atoms with Crippen molar-refractivity contribution < 1.29 is 19.1 Å². The summed E-state index contributed by atoms with van der Waals surface area (Å²) in [6, 6.07) is 5.79. The van der Waals surface area contributed by atoms with E-state index in [0.29, 0.717) is 37.1 Å². The molecule has 1 atom stereocenters. The van der Waals surface area contributed by atoms with Gasteiger partial charge >= 0.3 is 0 Å². The fourth-order valence-electron chi connectivity index (χ4n) is 3.55. The minimum atomic E-state index is 0.00569. The molecule has 1 saturated heterocycles. The Morgan fingerprint density at radius 1 is 1.17 bits per heavy atom. The van der Waals surface area contributed by atoms with Crippen LogP contribution in [-0.2, 0) is 16.0 Å². The SMILES string of the molecule is COc1ccc(CCNC(=O)CN2CCCC(CNC(=O)C(C)C)C2)cc1OC. The van der Waals surface area contributed by atoms with E-state index >= 15 is 0 Å². The van der Waals surface area contributed by atoms with Crippen molar-refractivity contribution >= 4 is 11.8 Å². The predicted octanol–water partition coefficient (Wildman–Crippen LogP) is 1.85. The van der Waals surface area contributed by atoms with Gasteiger partial charge in [-0.05, 0) is 49.4 Å². The Morgan fingerprint density at radius 2 is 1.93 bits per heavy atom. The molecule has 1 aliphatic rings. The monoisotopic (exact) mass is 405 g/mol. The Hall–Kier alpha value is -2.28. The minimum Gasteiger partial charge on any atom is -0.493 e. The Bertz CT molecular complexity index is 678.